The number of carbonyl (C=O) groups excluding carboxylic acids is 2. The summed E-state index contributed by atoms with van der Waals surface area (Å²) in [6.45, 7) is 3.41. The topological polar surface area (TPSA) is 66.7 Å². The summed E-state index contributed by atoms with van der Waals surface area (Å²) < 4.78 is 5.61. The van der Waals surface area contributed by atoms with Crippen LogP contribution in [0.15, 0.2) is 53.1 Å². The quantitative estimate of drug-likeness (QED) is 0.617. The molecule has 3 heterocycles. The highest BCUT2D eigenvalue weighted by Gasteiger charge is 2.38. The zero-order chi connectivity index (χ0) is 21.5. The molecule has 2 aliphatic heterocycles. The maximum atomic E-state index is 13.2. The average molecular weight is 436 g/mol. The molecule has 6 nitrogen and oxygen atoms in total. The van der Waals surface area contributed by atoms with E-state index in [-0.39, 0.29) is 24.2 Å². The first-order valence-electron chi connectivity index (χ1n) is 10.4. The summed E-state index contributed by atoms with van der Waals surface area (Å²) in [4.78, 5) is 29.2. The van der Waals surface area contributed by atoms with Crippen molar-refractivity contribution >= 4 is 29.1 Å². The van der Waals surface area contributed by atoms with Crippen LogP contribution in [-0.2, 0) is 22.6 Å². The largest absolute Gasteiger partial charge is 0.356 e. The highest BCUT2D eigenvalue weighted by atomic mass is 35.5. The Bertz CT molecular complexity index is 1140. The number of anilines is 1. The lowest BCUT2D eigenvalue weighted by Gasteiger charge is -2.28. The highest BCUT2D eigenvalue weighted by molar-refractivity contribution is 6.30. The van der Waals surface area contributed by atoms with Gasteiger partial charge in [-0.25, -0.2) is 0 Å². The molecular formula is C24H22ClN3O3. The number of halogens is 1. The first kappa shape index (κ1) is 19.8. The van der Waals surface area contributed by atoms with E-state index >= 15 is 0 Å². The van der Waals surface area contributed by atoms with Gasteiger partial charge in [-0.2, -0.15) is 0 Å². The Morgan fingerprint density at radius 1 is 1.13 bits per heavy atom. The zero-order valence-corrected chi connectivity index (χ0v) is 17.9. The molecule has 1 aromatic heterocycles. The van der Waals surface area contributed by atoms with E-state index in [4.69, 9.17) is 16.1 Å². The molecule has 2 amide bonds. The Morgan fingerprint density at radius 3 is 2.61 bits per heavy atom. The van der Waals surface area contributed by atoms with E-state index in [0.29, 0.717) is 31.1 Å². The van der Waals surface area contributed by atoms with Gasteiger partial charge in [-0.15, -0.1) is 0 Å². The number of hydrogen-bond donors (Lipinski definition) is 0. The van der Waals surface area contributed by atoms with Gasteiger partial charge in [0.05, 0.1) is 12.5 Å². The molecule has 1 atom stereocenters. The number of rotatable bonds is 3. The van der Waals surface area contributed by atoms with Gasteiger partial charge in [0.2, 0.25) is 11.8 Å². The molecule has 0 radical (unpaired) electrons. The normalized spacial score (nSPS) is 18.4. The van der Waals surface area contributed by atoms with Crippen LogP contribution >= 0.6 is 11.6 Å². The minimum absolute atomic E-state index is 0.00431. The lowest BCUT2D eigenvalue weighted by molar-refractivity contribution is -0.136. The molecule has 31 heavy (non-hydrogen) atoms. The average Bonchev–Trinajstić information content (AvgIpc) is 3.38. The van der Waals surface area contributed by atoms with E-state index in [1.807, 2.05) is 55.5 Å². The maximum absolute atomic E-state index is 13.2. The van der Waals surface area contributed by atoms with Gasteiger partial charge in [-0.05, 0) is 49.7 Å². The predicted octanol–water partition coefficient (Wildman–Crippen LogP) is 4.24. The number of aryl methyl sites for hydroxylation is 1. The second kappa shape index (κ2) is 7.85. The van der Waals surface area contributed by atoms with E-state index in [2.05, 4.69) is 5.16 Å². The molecular weight excluding hydrogens is 414 g/mol. The van der Waals surface area contributed by atoms with Gasteiger partial charge in [-0.1, -0.05) is 34.5 Å². The number of benzene rings is 2. The van der Waals surface area contributed by atoms with Crippen molar-refractivity contribution in [2.45, 2.75) is 26.3 Å². The molecule has 158 valence electrons. The SMILES string of the molecule is Cc1ccc(N2CC(C(=O)N3CCc4c(noc4-c4ccc(Cl)cc4)C3)CC2=O)cc1. The first-order chi connectivity index (χ1) is 15.0. The number of fused-ring (bicyclic) bond motifs is 1. The molecule has 1 fully saturated rings. The van der Waals surface area contributed by atoms with Crippen molar-refractivity contribution in [2.24, 2.45) is 5.92 Å². The minimum Gasteiger partial charge on any atom is -0.356 e. The highest BCUT2D eigenvalue weighted by Crippen LogP contribution is 2.33. The summed E-state index contributed by atoms with van der Waals surface area (Å²) >= 11 is 5.98. The van der Waals surface area contributed by atoms with Gasteiger partial charge in [0.15, 0.2) is 5.76 Å². The van der Waals surface area contributed by atoms with Gasteiger partial charge in [0.1, 0.15) is 5.69 Å². The summed E-state index contributed by atoms with van der Waals surface area (Å²) in [5, 5.41) is 4.89. The number of nitrogens with zero attached hydrogens (tertiary/aromatic N) is 3. The summed E-state index contributed by atoms with van der Waals surface area (Å²) in [6, 6.07) is 15.3. The smallest absolute Gasteiger partial charge is 0.228 e. The molecule has 5 rings (SSSR count). The molecule has 0 N–H and O–H groups in total. The van der Waals surface area contributed by atoms with Crippen LogP contribution < -0.4 is 4.90 Å². The van der Waals surface area contributed by atoms with E-state index in [1.54, 1.807) is 9.80 Å². The third kappa shape index (κ3) is 3.72. The van der Waals surface area contributed by atoms with Gasteiger partial charge >= 0.3 is 0 Å². The Kier molecular flexibility index (Phi) is 5.02. The molecule has 7 heteroatoms. The van der Waals surface area contributed by atoms with E-state index in [9.17, 15) is 9.59 Å². The number of carbonyl (C=O) groups is 2. The Balaban J connectivity index is 1.29. The number of aromatic nitrogens is 1. The summed E-state index contributed by atoms with van der Waals surface area (Å²) in [6.07, 6.45) is 0.912. The van der Waals surface area contributed by atoms with Crippen molar-refractivity contribution < 1.29 is 14.1 Å². The van der Waals surface area contributed by atoms with Crippen molar-refractivity contribution in [1.82, 2.24) is 10.1 Å². The van der Waals surface area contributed by atoms with Crippen LogP contribution in [0.4, 0.5) is 5.69 Å². The minimum atomic E-state index is -0.335. The monoisotopic (exact) mass is 435 g/mol. The molecule has 0 aliphatic carbocycles. The fraction of sp³-hybridized carbons (Fsp3) is 0.292. The molecule has 1 saturated heterocycles. The summed E-state index contributed by atoms with van der Waals surface area (Å²) in [5.74, 6) is 0.398. The van der Waals surface area contributed by atoms with Crippen molar-refractivity contribution in [3.05, 3.63) is 70.4 Å². The molecule has 2 aromatic carbocycles. The van der Waals surface area contributed by atoms with Gasteiger partial charge in [-0.3, -0.25) is 9.59 Å². The summed E-state index contributed by atoms with van der Waals surface area (Å²) in [7, 11) is 0. The van der Waals surface area contributed by atoms with Gasteiger partial charge < -0.3 is 14.3 Å². The second-order valence-corrected chi connectivity index (χ2v) is 8.63. The van der Waals surface area contributed by atoms with Crippen LogP contribution in [0.1, 0.15) is 23.2 Å². The van der Waals surface area contributed by atoms with Crippen molar-refractivity contribution in [3.8, 4) is 11.3 Å². The molecule has 0 bridgehead atoms. The molecule has 3 aromatic rings. The van der Waals surface area contributed by atoms with Crippen LogP contribution in [0.5, 0.6) is 0 Å². The van der Waals surface area contributed by atoms with Crippen molar-refractivity contribution in [3.63, 3.8) is 0 Å². The predicted molar refractivity (Wildman–Crippen MR) is 118 cm³/mol. The standard InChI is InChI=1S/C24H22ClN3O3/c1-15-2-8-19(9-3-15)28-13-17(12-22(28)29)24(30)27-11-10-20-21(14-27)26-31-23(20)16-4-6-18(25)7-5-16/h2-9,17H,10-14H2,1H3. The van der Waals surface area contributed by atoms with E-state index < -0.39 is 0 Å². The number of amides is 2. The van der Waals surface area contributed by atoms with Gasteiger partial charge in [0, 0.05) is 41.3 Å². The lowest BCUT2D eigenvalue weighted by atomic mass is 9.99. The fourth-order valence-electron chi connectivity index (χ4n) is 4.35. The van der Waals surface area contributed by atoms with Crippen molar-refractivity contribution in [2.75, 3.05) is 18.0 Å². The Morgan fingerprint density at radius 2 is 1.87 bits per heavy atom. The molecule has 0 spiro atoms. The lowest BCUT2D eigenvalue weighted by Crippen LogP contribution is -2.40. The molecule has 1 unspecified atom stereocenters. The van der Waals surface area contributed by atoms with Crippen LogP contribution in [0.2, 0.25) is 5.02 Å². The maximum Gasteiger partial charge on any atom is 0.228 e. The van der Waals surface area contributed by atoms with E-state index in [1.165, 1.54) is 0 Å². The first-order valence-corrected chi connectivity index (χ1v) is 10.8. The van der Waals surface area contributed by atoms with Crippen LogP contribution in [0.25, 0.3) is 11.3 Å². The second-order valence-electron chi connectivity index (χ2n) is 8.19. The van der Waals surface area contributed by atoms with Crippen LogP contribution in [0, 0.1) is 12.8 Å². The number of hydrogen-bond acceptors (Lipinski definition) is 4. The third-order valence-electron chi connectivity index (χ3n) is 6.08. The molecule has 2 aliphatic rings. The third-order valence-corrected chi connectivity index (χ3v) is 6.33. The fourth-order valence-corrected chi connectivity index (χ4v) is 4.48. The Labute approximate surface area is 185 Å². The van der Waals surface area contributed by atoms with Crippen molar-refractivity contribution in [1.29, 1.82) is 0 Å². The van der Waals surface area contributed by atoms with Crippen LogP contribution in [-0.4, -0.2) is 35.0 Å². The van der Waals surface area contributed by atoms with Gasteiger partial charge in [0.25, 0.3) is 0 Å². The molecule has 0 saturated carbocycles. The van der Waals surface area contributed by atoms with E-state index in [0.717, 1.165) is 33.8 Å². The van der Waals surface area contributed by atoms with Crippen LogP contribution in [0.3, 0.4) is 0 Å². The summed E-state index contributed by atoms with van der Waals surface area (Å²) in [5.41, 5.74) is 4.72. The Hall–Kier alpha value is -3.12. The zero-order valence-electron chi connectivity index (χ0n) is 17.2.